The number of hydrogen-bond acceptors (Lipinski definition) is 4. The number of rotatable bonds is 9. The molecule has 0 aliphatic rings. The van der Waals surface area contributed by atoms with Crippen LogP contribution in [0.2, 0.25) is 0 Å². The van der Waals surface area contributed by atoms with E-state index in [-0.39, 0.29) is 23.6 Å². The van der Waals surface area contributed by atoms with Crippen molar-refractivity contribution in [3.8, 4) is 0 Å². The summed E-state index contributed by atoms with van der Waals surface area (Å²) in [5.74, 6) is -0.874. The van der Waals surface area contributed by atoms with Crippen molar-refractivity contribution >= 4 is 49.1 Å². The van der Waals surface area contributed by atoms with Crippen LogP contribution in [0, 0.1) is 0 Å². The number of anilines is 2. The predicted molar refractivity (Wildman–Crippen MR) is 128 cm³/mol. The molecule has 0 bridgehead atoms. The number of amides is 2. The first kappa shape index (κ1) is 23.6. The smallest absolute Gasteiger partial charge is 0.242 e. The Morgan fingerprint density at radius 3 is 1.88 bits per heavy atom. The highest BCUT2D eigenvalue weighted by Gasteiger charge is 2.26. The third kappa shape index (κ3) is 7.01. The van der Waals surface area contributed by atoms with Gasteiger partial charge in [0.1, 0.15) is 6.04 Å². The molecule has 0 aliphatic carbocycles. The summed E-state index contributed by atoms with van der Waals surface area (Å²) in [6.45, 7) is 0. The zero-order valence-corrected chi connectivity index (χ0v) is 19.4. The van der Waals surface area contributed by atoms with Crippen LogP contribution in [-0.2, 0) is 19.6 Å². The molecular formula is C23H22BrN3O4S. The first-order valence-electron chi connectivity index (χ1n) is 9.82. The lowest BCUT2D eigenvalue weighted by atomic mass is 10.1. The maximum atomic E-state index is 12.9. The Hall–Kier alpha value is -3.01. The van der Waals surface area contributed by atoms with Gasteiger partial charge in [-0.15, -0.1) is 0 Å². The van der Waals surface area contributed by atoms with Gasteiger partial charge in [0, 0.05) is 22.3 Å². The number of para-hydroxylation sites is 2. The minimum atomic E-state index is -3.98. The van der Waals surface area contributed by atoms with Gasteiger partial charge in [0.15, 0.2) is 0 Å². The normalized spacial score (nSPS) is 12.0. The highest BCUT2D eigenvalue weighted by atomic mass is 79.9. The molecule has 0 aromatic heterocycles. The van der Waals surface area contributed by atoms with E-state index in [4.69, 9.17) is 0 Å². The van der Waals surface area contributed by atoms with Crippen molar-refractivity contribution in [2.75, 3.05) is 10.6 Å². The second-order valence-electron chi connectivity index (χ2n) is 6.94. The fourth-order valence-corrected chi connectivity index (χ4v) is 4.38. The van der Waals surface area contributed by atoms with Crippen molar-refractivity contribution in [1.29, 1.82) is 0 Å². The van der Waals surface area contributed by atoms with Gasteiger partial charge in [-0.2, -0.15) is 4.72 Å². The third-order valence-electron chi connectivity index (χ3n) is 4.50. The summed E-state index contributed by atoms with van der Waals surface area (Å²) in [4.78, 5) is 25.2. The van der Waals surface area contributed by atoms with E-state index in [2.05, 4.69) is 31.3 Å². The molecule has 3 aromatic carbocycles. The molecule has 166 valence electrons. The average Bonchev–Trinajstić information content (AvgIpc) is 2.78. The maximum absolute atomic E-state index is 12.9. The summed E-state index contributed by atoms with van der Waals surface area (Å²) in [5, 5.41) is 5.43. The minimum absolute atomic E-state index is 0.0203. The van der Waals surface area contributed by atoms with Crippen LogP contribution in [0.3, 0.4) is 0 Å². The Labute approximate surface area is 195 Å². The molecule has 7 nitrogen and oxygen atoms in total. The molecule has 2 amide bonds. The van der Waals surface area contributed by atoms with Crippen LogP contribution < -0.4 is 15.4 Å². The Balaban J connectivity index is 1.73. The second-order valence-corrected chi connectivity index (χ2v) is 9.57. The molecule has 0 saturated heterocycles. The van der Waals surface area contributed by atoms with Gasteiger partial charge in [-0.05, 0) is 55.0 Å². The zero-order chi connectivity index (χ0) is 23.0. The number of sulfonamides is 1. The summed E-state index contributed by atoms with van der Waals surface area (Å²) in [7, 11) is -3.98. The van der Waals surface area contributed by atoms with E-state index in [1.807, 2.05) is 6.07 Å². The fraction of sp³-hybridized carbons (Fsp3) is 0.130. The quantitative estimate of drug-likeness (QED) is 0.398. The van der Waals surface area contributed by atoms with E-state index in [0.717, 1.165) is 4.47 Å². The molecule has 0 saturated carbocycles. The van der Waals surface area contributed by atoms with E-state index in [1.165, 1.54) is 12.1 Å². The van der Waals surface area contributed by atoms with Crippen LogP contribution >= 0.6 is 15.9 Å². The van der Waals surface area contributed by atoms with E-state index < -0.39 is 22.0 Å². The van der Waals surface area contributed by atoms with Crippen molar-refractivity contribution in [3.05, 3.63) is 89.4 Å². The molecule has 3 rings (SSSR count). The van der Waals surface area contributed by atoms with Gasteiger partial charge in [-0.1, -0.05) is 52.3 Å². The molecule has 0 fully saturated rings. The molecule has 0 spiro atoms. The number of halogens is 1. The van der Waals surface area contributed by atoms with Crippen molar-refractivity contribution < 1.29 is 18.0 Å². The molecule has 3 aromatic rings. The summed E-state index contributed by atoms with van der Waals surface area (Å²) >= 11 is 3.27. The first-order valence-corrected chi connectivity index (χ1v) is 12.1. The first-order chi connectivity index (χ1) is 15.3. The Bertz CT molecular complexity index is 1150. The van der Waals surface area contributed by atoms with Crippen LogP contribution in [0.5, 0.6) is 0 Å². The van der Waals surface area contributed by atoms with Crippen molar-refractivity contribution in [1.82, 2.24) is 4.72 Å². The lowest BCUT2D eigenvalue weighted by Gasteiger charge is -2.19. The average molecular weight is 516 g/mol. The number of nitrogens with one attached hydrogen (secondary N) is 3. The Morgan fingerprint density at radius 2 is 1.31 bits per heavy atom. The maximum Gasteiger partial charge on any atom is 0.242 e. The number of benzene rings is 3. The molecule has 0 aliphatic heterocycles. The van der Waals surface area contributed by atoms with Gasteiger partial charge in [0.2, 0.25) is 21.8 Å². The standard InChI is InChI=1S/C23H22BrN3O4S/c24-17-11-13-20(14-12-17)32(30,31)27-21(23(29)26-19-9-5-2-6-10-19)15-16-22(28)25-18-7-3-1-4-8-18/h1-14,21,27H,15-16H2,(H,25,28)(H,26,29). The number of carbonyl (C=O) groups excluding carboxylic acids is 2. The Kier molecular flexibility index (Phi) is 8.15. The van der Waals surface area contributed by atoms with Crippen LogP contribution in [0.15, 0.2) is 94.3 Å². The second kappa shape index (κ2) is 11.0. The lowest BCUT2D eigenvalue weighted by Crippen LogP contribution is -2.44. The molecular weight excluding hydrogens is 494 g/mol. The largest absolute Gasteiger partial charge is 0.326 e. The van der Waals surface area contributed by atoms with Crippen molar-refractivity contribution in [3.63, 3.8) is 0 Å². The molecule has 0 heterocycles. The van der Waals surface area contributed by atoms with Gasteiger partial charge in [-0.3, -0.25) is 9.59 Å². The highest BCUT2D eigenvalue weighted by Crippen LogP contribution is 2.17. The number of carbonyl (C=O) groups is 2. The molecule has 1 atom stereocenters. The van der Waals surface area contributed by atoms with E-state index in [0.29, 0.717) is 11.4 Å². The summed E-state index contributed by atoms with van der Waals surface area (Å²) in [6, 6.07) is 22.5. The monoisotopic (exact) mass is 515 g/mol. The highest BCUT2D eigenvalue weighted by molar-refractivity contribution is 9.10. The molecule has 1 unspecified atom stereocenters. The molecule has 9 heteroatoms. The summed E-state index contributed by atoms with van der Waals surface area (Å²) in [5.41, 5.74) is 1.15. The van der Waals surface area contributed by atoms with E-state index >= 15 is 0 Å². The van der Waals surface area contributed by atoms with Gasteiger partial charge in [0.05, 0.1) is 4.90 Å². The van der Waals surface area contributed by atoms with Crippen LogP contribution in [-0.4, -0.2) is 26.3 Å². The summed E-state index contributed by atoms with van der Waals surface area (Å²) in [6.07, 6.45) is -0.0717. The minimum Gasteiger partial charge on any atom is -0.326 e. The SMILES string of the molecule is O=C(CCC(NS(=O)(=O)c1ccc(Br)cc1)C(=O)Nc1ccccc1)Nc1ccccc1. The topological polar surface area (TPSA) is 104 Å². The van der Waals surface area contributed by atoms with Crippen molar-refractivity contribution in [2.24, 2.45) is 0 Å². The Morgan fingerprint density at radius 1 is 0.781 bits per heavy atom. The van der Waals surface area contributed by atoms with Gasteiger partial charge in [0.25, 0.3) is 0 Å². The van der Waals surface area contributed by atoms with Gasteiger partial charge >= 0.3 is 0 Å². The molecule has 32 heavy (non-hydrogen) atoms. The summed E-state index contributed by atoms with van der Waals surface area (Å²) < 4.78 is 28.8. The zero-order valence-electron chi connectivity index (χ0n) is 17.0. The van der Waals surface area contributed by atoms with E-state index in [9.17, 15) is 18.0 Å². The van der Waals surface area contributed by atoms with Crippen LogP contribution in [0.4, 0.5) is 11.4 Å². The van der Waals surface area contributed by atoms with Crippen molar-refractivity contribution in [2.45, 2.75) is 23.8 Å². The third-order valence-corrected chi connectivity index (χ3v) is 6.51. The lowest BCUT2D eigenvalue weighted by molar-refractivity contribution is -0.118. The van der Waals surface area contributed by atoms with E-state index in [1.54, 1.807) is 66.7 Å². The molecule has 3 N–H and O–H groups in total. The van der Waals surface area contributed by atoms with Gasteiger partial charge in [-0.25, -0.2) is 8.42 Å². The fourth-order valence-electron chi connectivity index (χ4n) is 2.88. The van der Waals surface area contributed by atoms with Crippen LogP contribution in [0.1, 0.15) is 12.8 Å². The van der Waals surface area contributed by atoms with Gasteiger partial charge < -0.3 is 10.6 Å². The number of hydrogen-bond donors (Lipinski definition) is 3. The van der Waals surface area contributed by atoms with Crippen LogP contribution in [0.25, 0.3) is 0 Å². The molecule has 0 radical (unpaired) electrons. The predicted octanol–water partition coefficient (Wildman–Crippen LogP) is 4.15.